The summed E-state index contributed by atoms with van der Waals surface area (Å²) in [6, 6.07) is 0.119. The Morgan fingerprint density at radius 3 is 2.41 bits per heavy atom. The number of nitrogens with one attached hydrogen (secondary N) is 1. The van der Waals surface area contributed by atoms with E-state index in [4.69, 9.17) is 0 Å². The predicted molar refractivity (Wildman–Crippen MR) is 69.4 cm³/mol. The number of nitrogens with zero attached hydrogens (tertiary/aromatic N) is 1. The van der Waals surface area contributed by atoms with E-state index in [0.717, 1.165) is 18.9 Å². The first-order valence-electron chi connectivity index (χ1n) is 6.72. The molecule has 0 amide bonds. The molecule has 3 N–H and O–H groups in total. The molecule has 4 nitrogen and oxygen atoms in total. The van der Waals surface area contributed by atoms with Crippen LogP contribution < -0.4 is 5.32 Å². The van der Waals surface area contributed by atoms with E-state index in [9.17, 15) is 10.2 Å². The lowest BCUT2D eigenvalue weighted by Gasteiger charge is -2.38. The van der Waals surface area contributed by atoms with Crippen molar-refractivity contribution in [2.75, 3.05) is 13.6 Å². The van der Waals surface area contributed by atoms with E-state index < -0.39 is 12.5 Å². The zero-order valence-electron chi connectivity index (χ0n) is 11.6. The largest absolute Gasteiger partial charge is 0.379 e. The maximum absolute atomic E-state index is 9.89. The second-order valence-corrected chi connectivity index (χ2v) is 5.95. The maximum Gasteiger partial charge on any atom is 0.122 e. The Balaban J connectivity index is 2.38. The lowest BCUT2D eigenvalue weighted by molar-refractivity contribution is -0.0511. The summed E-state index contributed by atoms with van der Waals surface area (Å²) in [4.78, 5) is 2.22. The van der Waals surface area contributed by atoms with E-state index in [1.165, 1.54) is 6.42 Å². The molecule has 1 saturated heterocycles. The van der Waals surface area contributed by atoms with Gasteiger partial charge in [0.25, 0.3) is 0 Å². The highest BCUT2D eigenvalue weighted by Gasteiger charge is 2.30. The SMILES string of the molecule is CC(C)CC(C)CN(C)C1CCC(O)NC1O. The third kappa shape index (κ3) is 4.92. The van der Waals surface area contributed by atoms with Gasteiger partial charge in [-0.25, -0.2) is 0 Å². The molecule has 1 aliphatic heterocycles. The molecule has 0 saturated carbocycles. The van der Waals surface area contributed by atoms with Crippen LogP contribution in [0.1, 0.15) is 40.0 Å². The fourth-order valence-electron chi connectivity index (χ4n) is 2.85. The van der Waals surface area contributed by atoms with E-state index in [-0.39, 0.29) is 6.04 Å². The van der Waals surface area contributed by atoms with E-state index >= 15 is 0 Å². The first-order chi connectivity index (χ1) is 7.90. The lowest BCUT2D eigenvalue weighted by atomic mass is 9.96. The summed E-state index contributed by atoms with van der Waals surface area (Å²) in [7, 11) is 2.06. The molecule has 17 heavy (non-hydrogen) atoms. The highest BCUT2D eigenvalue weighted by atomic mass is 16.3. The smallest absolute Gasteiger partial charge is 0.122 e. The molecule has 0 bridgehead atoms. The average molecular weight is 244 g/mol. The molecule has 1 aliphatic rings. The predicted octanol–water partition coefficient (Wildman–Crippen LogP) is 0.989. The van der Waals surface area contributed by atoms with Gasteiger partial charge in [0.15, 0.2) is 0 Å². The van der Waals surface area contributed by atoms with Crippen molar-refractivity contribution in [2.24, 2.45) is 11.8 Å². The summed E-state index contributed by atoms with van der Waals surface area (Å²) in [5.41, 5.74) is 0. The van der Waals surface area contributed by atoms with Crippen molar-refractivity contribution in [1.29, 1.82) is 0 Å². The minimum atomic E-state index is -0.616. The third-order valence-corrected chi connectivity index (χ3v) is 3.50. The number of piperidine rings is 1. The topological polar surface area (TPSA) is 55.7 Å². The molecule has 0 radical (unpaired) electrons. The number of hydrogen-bond acceptors (Lipinski definition) is 4. The van der Waals surface area contributed by atoms with E-state index in [1.54, 1.807) is 0 Å². The van der Waals surface area contributed by atoms with Gasteiger partial charge >= 0.3 is 0 Å². The molecule has 0 aromatic heterocycles. The van der Waals surface area contributed by atoms with Gasteiger partial charge in [0.1, 0.15) is 12.5 Å². The molecule has 0 aromatic carbocycles. The monoisotopic (exact) mass is 244 g/mol. The van der Waals surface area contributed by atoms with E-state index in [2.05, 4.69) is 38.0 Å². The van der Waals surface area contributed by atoms with Crippen LogP contribution in [-0.2, 0) is 0 Å². The number of likely N-dealkylation sites (N-methyl/N-ethyl adjacent to an activating group) is 1. The van der Waals surface area contributed by atoms with Crippen LogP contribution in [0.3, 0.4) is 0 Å². The van der Waals surface area contributed by atoms with Crippen molar-refractivity contribution in [2.45, 2.75) is 58.5 Å². The van der Waals surface area contributed by atoms with Crippen LogP contribution in [0.25, 0.3) is 0 Å². The van der Waals surface area contributed by atoms with Crippen molar-refractivity contribution in [1.82, 2.24) is 10.2 Å². The quantitative estimate of drug-likeness (QED) is 0.675. The van der Waals surface area contributed by atoms with Gasteiger partial charge in [0.05, 0.1) is 0 Å². The second kappa shape index (κ2) is 6.69. The van der Waals surface area contributed by atoms with Gasteiger partial charge in [-0.15, -0.1) is 0 Å². The first kappa shape index (κ1) is 14.9. The van der Waals surface area contributed by atoms with Gasteiger partial charge in [-0.3, -0.25) is 10.2 Å². The standard InChI is InChI=1S/C13H28N2O2/c1-9(2)7-10(3)8-15(4)11-5-6-12(16)14-13(11)17/h9-14,16-17H,5-8H2,1-4H3. The minimum absolute atomic E-state index is 0.119. The van der Waals surface area contributed by atoms with Crippen molar-refractivity contribution in [3.63, 3.8) is 0 Å². The summed E-state index contributed by atoms with van der Waals surface area (Å²) < 4.78 is 0. The number of aliphatic hydroxyl groups is 2. The summed E-state index contributed by atoms with van der Waals surface area (Å²) in [5, 5.41) is 22.1. The summed E-state index contributed by atoms with van der Waals surface area (Å²) in [6.07, 6.45) is 1.60. The molecule has 1 rings (SSSR count). The molecule has 0 aliphatic carbocycles. The van der Waals surface area contributed by atoms with Crippen LogP contribution in [0.4, 0.5) is 0 Å². The van der Waals surface area contributed by atoms with E-state index in [0.29, 0.717) is 12.3 Å². The van der Waals surface area contributed by atoms with Gasteiger partial charge in [-0.2, -0.15) is 0 Å². The Bertz CT molecular complexity index is 223. The Kier molecular flexibility index (Phi) is 5.86. The fraction of sp³-hybridized carbons (Fsp3) is 1.00. The first-order valence-corrected chi connectivity index (χ1v) is 6.72. The molecule has 4 atom stereocenters. The summed E-state index contributed by atoms with van der Waals surface area (Å²) in [6.45, 7) is 7.74. The van der Waals surface area contributed by atoms with Crippen LogP contribution in [0.2, 0.25) is 0 Å². The van der Waals surface area contributed by atoms with Gasteiger partial charge in [0.2, 0.25) is 0 Å². The molecule has 4 unspecified atom stereocenters. The molecule has 1 fully saturated rings. The molecule has 0 spiro atoms. The molecular formula is C13H28N2O2. The highest BCUT2D eigenvalue weighted by Crippen LogP contribution is 2.19. The van der Waals surface area contributed by atoms with Gasteiger partial charge in [0, 0.05) is 12.6 Å². The molecule has 102 valence electrons. The average Bonchev–Trinajstić information content (AvgIpc) is 2.15. The Labute approximate surface area is 105 Å². The maximum atomic E-state index is 9.89. The van der Waals surface area contributed by atoms with Crippen LogP contribution in [-0.4, -0.2) is 47.2 Å². The number of aliphatic hydroxyl groups excluding tert-OH is 2. The van der Waals surface area contributed by atoms with Gasteiger partial charge in [-0.1, -0.05) is 20.8 Å². The molecular weight excluding hydrogens is 216 g/mol. The van der Waals surface area contributed by atoms with Gasteiger partial charge < -0.3 is 10.2 Å². The normalized spacial score (nSPS) is 32.1. The lowest BCUT2D eigenvalue weighted by Crippen LogP contribution is -2.56. The summed E-state index contributed by atoms with van der Waals surface area (Å²) in [5.74, 6) is 1.36. The minimum Gasteiger partial charge on any atom is -0.379 e. The van der Waals surface area contributed by atoms with Crippen LogP contribution in [0, 0.1) is 11.8 Å². The fourth-order valence-corrected chi connectivity index (χ4v) is 2.85. The van der Waals surface area contributed by atoms with Crippen molar-refractivity contribution >= 4 is 0 Å². The number of hydrogen-bond donors (Lipinski definition) is 3. The van der Waals surface area contributed by atoms with Gasteiger partial charge in [-0.05, 0) is 38.1 Å². The van der Waals surface area contributed by atoms with Crippen LogP contribution >= 0.6 is 0 Å². The van der Waals surface area contributed by atoms with E-state index in [1.807, 2.05) is 0 Å². The highest BCUT2D eigenvalue weighted by molar-refractivity contribution is 4.82. The molecule has 0 aromatic rings. The van der Waals surface area contributed by atoms with Crippen molar-refractivity contribution < 1.29 is 10.2 Å². The number of rotatable bonds is 5. The van der Waals surface area contributed by atoms with Crippen LogP contribution in [0.15, 0.2) is 0 Å². The molecule has 4 heteroatoms. The molecule has 1 heterocycles. The summed E-state index contributed by atoms with van der Waals surface area (Å²) >= 11 is 0. The Morgan fingerprint density at radius 1 is 1.24 bits per heavy atom. The Morgan fingerprint density at radius 2 is 1.88 bits per heavy atom. The van der Waals surface area contributed by atoms with Crippen LogP contribution in [0.5, 0.6) is 0 Å². The Hall–Kier alpha value is -0.160. The zero-order chi connectivity index (χ0) is 13.0. The van der Waals surface area contributed by atoms with Crippen molar-refractivity contribution in [3.05, 3.63) is 0 Å². The third-order valence-electron chi connectivity index (χ3n) is 3.50. The van der Waals surface area contributed by atoms with Crippen molar-refractivity contribution in [3.8, 4) is 0 Å². The zero-order valence-corrected chi connectivity index (χ0v) is 11.6. The second-order valence-electron chi connectivity index (χ2n) is 5.95.